The Bertz CT molecular complexity index is 286. The maximum absolute atomic E-state index is 4.28. The molecule has 3 heteroatoms. The van der Waals surface area contributed by atoms with Gasteiger partial charge in [0.2, 0.25) is 0 Å². The molecule has 1 aromatic rings. The lowest BCUT2D eigenvalue weighted by atomic mass is 10.2. The summed E-state index contributed by atoms with van der Waals surface area (Å²) in [5.74, 6) is 0.643. The maximum atomic E-state index is 4.28. The lowest BCUT2D eigenvalue weighted by Crippen LogP contribution is -2.04. The van der Waals surface area contributed by atoms with Gasteiger partial charge in [-0.25, -0.2) is 0 Å². The highest BCUT2D eigenvalue weighted by Crippen LogP contribution is 2.03. The summed E-state index contributed by atoms with van der Waals surface area (Å²) in [5.41, 5.74) is 1.17. The summed E-state index contributed by atoms with van der Waals surface area (Å²) >= 11 is 0. The maximum Gasteiger partial charge on any atom is 0.0562 e. The monoisotopic (exact) mass is 193 g/mol. The Labute approximate surface area is 85.8 Å². The van der Waals surface area contributed by atoms with E-state index in [2.05, 4.69) is 42.6 Å². The van der Waals surface area contributed by atoms with Gasteiger partial charge in [-0.1, -0.05) is 26.0 Å². The summed E-state index contributed by atoms with van der Waals surface area (Å²) in [7, 11) is 1.94. The highest BCUT2D eigenvalue weighted by atomic mass is 15.3. The van der Waals surface area contributed by atoms with Crippen molar-refractivity contribution in [1.82, 2.24) is 15.1 Å². The van der Waals surface area contributed by atoms with Crippen LogP contribution in [-0.2, 0) is 6.54 Å². The second-order valence-corrected chi connectivity index (χ2v) is 3.85. The van der Waals surface area contributed by atoms with Crippen molar-refractivity contribution in [2.24, 2.45) is 5.92 Å². The van der Waals surface area contributed by atoms with Crippen LogP contribution >= 0.6 is 0 Å². The molecule has 1 aromatic heterocycles. The van der Waals surface area contributed by atoms with Crippen LogP contribution in [0, 0.1) is 5.92 Å². The van der Waals surface area contributed by atoms with Gasteiger partial charge in [-0.3, -0.25) is 4.68 Å². The SMILES string of the molecule is CNCC=Cc1cnn(CC(C)C)c1. The smallest absolute Gasteiger partial charge is 0.0562 e. The molecule has 0 atom stereocenters. The first-order chi connectivity index (χ1) is 6.72. The zero-order valence-corrected chi connectivity index (χ0v) is 9.20. The summed E-state index contributed by atoms with van der Waals surface area (Å²) in [6, 6.07) is 0. The highest BCUT2D eigenvalue weighted by Gasteiger charge is 1.97. The quantitative estimate of drug-likeness (QED) is 0.772. The van der Waals surface area contributed by atoms with Crippen LogP contribution in [0.5, 0.6) is 0 Å². The Morgan fingerprint density at radius 2 is 2.36 bits per heavy atom. The summed E-state index contributed by atoms with van der Waals surface area (Å²) in [4.78, 5) is 0. The van der Waals surface area contributed by atoms with E-state index in [4.69, 9.17) is 0 Å². The summed E-state index contributed by atoms with van der Waals surface area (Å²) in [5, 5.41) is 7.34. The van der Waals surface area contributed by atoms with Crippen LogP contribution < -0.4 is 5.32 Å². The lowest BCUT2D eigenvalue weighted by Gasteiger charge is -2.02. The first-order valence-electron chi connectivity index (χ1n) is 5.06. The molecule has 0 saturated heterocycles. The minimum Gasteiger partial charge on any atom is -0.316 e. The van der Waals surface area contributed by atoms with Crippen LogP contribution in [0.1, 0.15) is 19.4 Å². The molecule has 0 aliphatic heterocycles. The van der Waals surface area contributed by atoms with E-state index < -0.39 is 0 Å². The third-order valence-corrected chi connectivity index (χ3v) is 1.84. The fourth-order valence-electron chi connectivity index (χ4n) is 1.25. The Morgan fingerprint density at radius 3 is 3.00 bits per heavy atom. The van der Waals surface area contributed by atoms with Crippen molar-refractivity contribution >= 4 is 6.08 Å². The van der Waals surface area contributed by atoms with Gasteiger partial charge >= 0.3 is 0 Å². The molecule has 1 N–H and O–H groups in total. The van der Waals surface area contributed by atoms with Crippen LogP contribution in [0.15, 0.2) is 18.5 Å². The summed E-state index contributed by atoms with van der Waals surface area (Å²) in [6.45, 7) is 6.27. The summed E-state index contributed by atoms with van der Waals surface area (Å²) in [6.07, 6.45) is 8.15. The van der Waals surface area contributed by atoms with E-state index in [1.54, 1.807) is 0 Å². The van der Waals surface area contributed by atoms with Crippen molar-refractivity contribution < 1.29 is 0 Å². The molecule has 0 aromatic carbocycles. The van der Waals surface area contributed by atoms with Crippen LogP contribution in [0.2, 0.25) is 0 Å². The summed E-state index contributed by atoms with van der Waals surface area (Å²) < 4.78 is 1.99. The van der Waals surface area contributed by atoms with E-state index in [9.17, 15) is 0 Å². The van der Waals surface area contributed by atoms with Crippen molar-refractivity contribution in [3.8, 4) is 0 Å². The van der Waals surface area contributed by atoms with Gasteiger partial charge in [0.25, 0.3) is 0 Å². The molecule has 0 saturated carbocycles. The standard InChI is InChI=1S/C11H19N3/c1-10(2)8-14-9-11(7-13-14)5-4-6-12-3/h4-5,7,9-10,12H,6,8H2,1-3H3. The Morgan fingerprint density at radius 1 is 1.57 bits per heavy atom. The Balaban J connectivity index is 2.50. The Kier molecular flexibility index (Phi) is 4.40. The zero-order valence-electron chi connectivity index (χ0n) is 9.20. The third-order valence-electron chi connectivity index (χ3n) is 1.84. The molecular formula is C11H19N3. The van der Waals surface area contributed by atoms with Crippen molar-refractivity contribution in [2.45, 2.75) is 20.4 Å². The minimum atomic E-state index is 0.643. The number of nitrogens with one attached hydrogen (secondary N) is 1. The van der Waals surface area contributed by atoms with E-state index in [1.807, 2.05) is 17.9 Å². The molecular weight excluding hydrogens is 174 g/mol. The van der Waals surface area contributed by atoms with Crippen LogP contribution in [0.25, 0.3) is 6.08 Å². The van der Waals surface area contributed by atoms with Gasteiger partial charge < -0.3 is 5.32 Å². The van der Waals surface area contributed by atoms with Gasteiger partial charge in [0.05, 0.1) is 6.20 Å². The Hall–Kier alpha value is -1.09. The van der Waals surface area contributed by atoms with Crippen LogP contribution in [0.3, 0.4) is 0 Å². The molecule has 3 nitrogen and oxygen atoms in total. The van der Waals surface area contributed by atoms with Crippen LogP contribution in [0.4, 0.5) is 0 Å². The molecule has 78 valence electrons. The van der Waals surface area contributed by atoms with Gasteiger partial charge in [0.15, 0.2) is 0 Å². The second-order valence-electron chi connectivity index (χ2n) is 3.85. The average molecular weight is 193 g/mol. The van der Waals surface area contributed by atoms with Crippen molar-refractivity contribution in [3.05, 3.63) is 24.0 Å². The molecule has 0 fully saturated rings. The fraction of sp³-hybridized carbons (Fsp3) is 0.545. The number of nitrogens with zero attached hydrogens (tertiary/aromatic N) is 2. The van der Waals surface area contributed by atoms with E-state index in [0.29, 0.717) is 5.92 Å². The minimum absolute atomic E-state index is 0.643. The van der Waals surface area contributed by atoms with Gasteiger partial charge in [-0.15, -0.1) is 0 Å². The number of likely N-dealkylation sites (N-methyl/N-ethyl adjacent to an activating group) is 1. The van der Waals surface area contributed by atoms with E-state index in [0.717, 1.165) is 13.1 Å². The molecule has 0 spiro atoms. The average Bonchev–Trinajstić information content (AvgIpc) is 2.52. The predicted octanol–water partition coefficient (Wildman–Crippen LogP) is 1.77. The van der Waals surface area contributed by atoms with Gasteiger partial charge in [0.1, 0.15) is 0 Å². The lowest BCUT2D eigenvalue weighted by molar-refractivity contribution is 0.483. The molecule has 0 radical (unpaired) electrons. The van der Waals surface area contributed by atoms with E-state index in [1.165, 1.54) is 5.56 Å². The first kappa shape index (κ1) is 11.0. The number of hydrogen-bond acceptors (Lipinski definition) is 2. The number of hydrogen-bond donors (Lipinski definition) is 1. The molecule has 14 heavy (non-hydrogen) atoms. The third kappa shape index (κ3) is 3.75. The molecule has 1 rings (SSSR count). The normalized spacial score (nSPS) is 11.7. The van der Waals surface area contributed by atoms with Gasteiger partial charge in [-0.2, -0.15) is 5.10 Å². The molecule has 0 amide bonds. The fourth-order valence-corrected chi connectivity index (χ4v) is 1.25. The predicted molar refractivity (Wildman–Crippen MR) is 60.0 cm³/mol. The zero-order chi connectivity index (χ0) is 10.4. The second kappa shape index (κ2) is 5.60. The molecule has 0 aliphatic rings. The molecule has 0 unspecified atom stereocenters. The van der Waals surface area contributed by atoms with Crippen LogP contribution in [-0.4, -0.2) is 23.4 Å². The highest BCUT2D eigenvalue weighted by molar-refractivity contribution is 5.46. The largest absolute Gasteiger partial charge is 0.316 e. The topological polar surface area (TPSA) is 29.9 Å². The van der Waals surface area contributed by atoms with E-state index in [-0.39, 0.29) is 0 Å². The van der Waals surface area contributed by atoms with Crippen molar-refractivity contribution in [2.75, 3.05) is 13.6 Å². The van der Waals surface area contributed by atoms with Crippen molar-refractivity contribution in [1.29, 1.82) is 0 Å². The number of aromatic nitrogens is 2. The molecule has 1 heterocycles. The molecule has 0 bridgehead atoms. The molecule has 0 aliphatic carbocycles. The van der Waals surface area contributed by atoms with Gasteiger partial charge in [0, 0.05) is 24.8 Å². The first-order valence-corrected chi connectivity index (χ1v) is 5.06. The number of rotatable bonds is 5. The van der Waals surface area contributed by atoms with E-state index >= 15 is 0 Å². The van der Waals surface area contributed by atoms with Gasteiger partial charge in [-0.05, 0) is 13.0 Å². The van der Waals surface area contributed by atoms with Crippen molar-refractivity contribution in [3.63, 3.8) is 0 Å².